The summed E-state index contributed by atoms with van der Waals surface area (Å²) in [6, 6.07) is 9.65. The van der Waals surface area contributed by atoms with Gasteiger partial charge in [-0.05, 0) is 67.3 Å². The van der Waals surface area contributed by atoms with Gasteiger partial charge < -0.3 is 5.32 Å². The number of hydrogen-bond donors (Lipinski definition) is 1. The number of thiophene rings is 1. The second kappa shape index (κ2) is 8.22. The van der Waals surface area contributed by atoms with E-state index in [9.17, 15) is 13.2 Å². The number of sulfonamides is 1. The molecule has 5 nitrogen and oxygen atoms in total. The topological polar surface area (TPSA) is 66.5 Å². The molecule has 0 fully saturated rings. The molecule has 1 N–H and O–H groups in total. The molecule has 7 heteroatoms. The molecule has 0 spiro atoms. The maximum atomic E-state index is 12.2. The van der Waals surface area contributed by atoms with Crippen molar-refractivity contribution in [3.05, 3.63) is 46.2 Å². The number of benzene rings is 1. The maximum Gasteiger partial charge on any atom is 0.232 e. The lowest BCUT2D eigenvalue weighted by Crippen LogP contribution is -2.34. The summed E-state index contributed by atoms with van der Waals surface area (Å²) >= 11 is 1.75. The molecule has 1 aliphatic heterocycles. The number of fused-ring (bicyclic) bond motifs is 1. The zero-order chi connectivity index (χ0) is 18.6. The minimum atomic E-state index is -3.26. The van der Waals surface area contributed by atoms with Gasteiger partial charge in [0.1, 0.15) is 0 Å². The van der Waals surface area contributed by atoms with E-state index in [0.717, 1.165) is 49.0 Å². The van der Waals surface area contributed by atoms with Crippen molar-refractivity contribution in [1.29, 1.82) is 0 Å². The summed E-state index contributed by atoms with van der Waals surface area (Å²) in [6.45, 7) is 0.516. The van der Waals surface area contributed by atoms with Gasteiger partial charge in [0.15, 0.2) is 0 Å². The standard InChI is InChI=1S/C19H24N2O3S2/c1-26(23,24)21-12-4-6-15-14-16(10-11-18(15)21)20-19(22)9-3-2-7-17-8-5-13-25-17/h5,8,10-11,13-14H,2-4,6-7,9,12H2,1H3,(H,20,22). The van der Waals surface area contributed by atoms with Crippen molar-refractivity contribution < 1.29 is 13.2 Å². The third kappa shape index (κ3) is 4.86. The van der Waals surface area contributed by atoms with Crippen molar-refractivity contribution in [1.82, 2.24) is 0 Å². The molecule has 0 saturated heterocycles. The van der Waals surface area contributed by atoms with Crippen LogP contribution >= 0.6 is 11.3 Å². The largest absolute Gasteiger partial charge is 0.326 e. The lowest BCUT2D eigenvalue weighted by Gasteiger charge is -2.29. The molecule has 0 radical (unpaired) electrons. The normalized spacial score (nSPS) is 14.1. The lowest BCUT2D eigenvalue weighted by atomic mass is 10.0. The molecular weight excluding hydrogens is 368 g/mol. The number of rotatable bonds is 7. The molecule has 2 aromatic rings. The van der Waals surface area contributed by atoms with Crippen LogP contribution in [0.3, 0.4) is 0 Å². The number of amides is 1. The molecule has 1 aliphatic rings. The number of anilines is 2. The summed E-state index contributed by atoms with van der Waals surface area (Å²) in [5.41, 5.74) is 2.44. The summed E-state index contributed by atoms with van der Waals surface area (Å²) in [6.07, 6.45) is 6.22. The van der Waals surface area contributed by atoms with Crippen LogP contribution in [0.5, 0.6) is 0 Å². The van der Waals surface area contributed by atoms with Crippen molar-refractivity contribution >= 4 is 38.6 Å². The maximum absolute atomic E-state index is 12.2. The fraction of sp³-hybridized carbons (Fsp3) is 0.421. The SMILES string of the molecule is CS(=O)(=O)N1CCCc2cc(NC(=O)CCCCc3cccs3)ccc21. The highest BCUT2D eigenvalue weighted by atomic mass is 32.2. The summed E-state index contributed by atoms with van der Waals surface area (Å²) in [4.78, 5) is 13.5. The molecule has 140 valence electrons. The third-order valence-corrected chi connectivity index (χ3v) is 6.61. The minimum absolute atomic E-state index is 0.00640. The Kier molecular flexibility index (Phi) is 5.98. The van der Waals surface area contributed by atoms with Crippen LogP contribution in [0.4, 0.5) is 11.4 Å². The van der Waals surface area contributed by atoms with E-state index in [2.05, 4.69) is 16.8 Å². The Hall–Kier alpha value is -1.86. The molecule has 0 saturated carbocycles. The van der Waals surface area contributed by atoms with Gasteiger partial charge in [0.05, 0.1) is 11.9 Å². The zero-order valence-corrected chi connectivity index (χ0v) is 16.5. The van der Waals surface area contributed by atoms with Gasteiger partial charge in [0, 0.05) is 23.5 Å². The second-order valence-electron chi connectivity index (χ2n) is 6.62. The van der Waals surface area contributed by atoms with E-state index >= 15 is 0 Å². The first-order valence-corrected chi connectivity index (χ1v) is 11.6. The van der Waals surface area contributed by atoms with Crippen molar-refractivity contribution in [3.8, 4) is 0 Å². The third-order valence-electron chi connectivity index (χ3n) is 4.50. The molecule has 0 atom stereocenters. The van der Waals surface area contributed by atoms with Crippen LogP contribution in [-0.4, -0.2) is 27.1 Å². The van der Waals surface area contributed by atoms with E-state index in [1.807, 2.05) is 12.1 Å². The Balaban J connectivity index is 1.54. The van der Waals surface area contributed by atoms with Gasteiger partial charge in [-0.3, -0.25) is 9.10 Å². The van der Waals surface area contributed by atoms with E-state index in [1.165, 1.54) is 15.4 Å². The quantitative estimate of drug-likeness (QED) is 0.729. The Morgan fingerprint density at radius 1 is 1.27 bits per heavy atom. The van der Waals surface area contributed by atoms with Gasteiger partial charge in [-0.15, -0.1) is 11.3 Å². The monoisotopic (exact) mass is 392 g/mol. The van der Waals surface area contributed by atoms with Crippen molar-refractivity contribution in [2.45, 2.75) is 38.5 Å². The average Bonchev–Trinajstić information content (AvgIpc) is 3.10. The summed E-state index contributed by atoms with van der Waals surface area (Å²) < 4.78 is 25.2. The van der Waals surface area contributed by atoms with E-state index in [0.29, 0.717) is 13.0 Å². The lowest BCUT2D eigenvalue weighted by molar-refractivity contribution is -0.116. The molecule has 0 aliphatic carbocycles. The van der Waals surface area contributed by atoms with E-state index in [4.69, 9.17) is 0 Å². The summed E-state index contributed by atoms with van der Waals surface area (Å²) in [7, 11) is -3.26. The first kappa shape index (κ1) is 18.9. The van der Waals surface area contributed by atoms with Crippen LogP contribution in [-0.2, 0) is 27.7 Å². The number of unbranched alkanes of at least 4 members (excludes halogenated alkanes) is 1. The van der Waals surface area contributed by atoms with Crippen LogP contribution in [0.2, 0.25) is 0 Å². The first-order chi connectivity index (χ1) is 12.4. The molecule has 1 amide bonds. The smallest absolute Gasteiger partial charge is 0.232 e. The van der Waals surface area contributed by atoms with Gasteiger partial charge in [0.25, 0.3) is 0 Å². The van der Waals surface area contributed by atoms with Gasteiger partial charge in [0.2, 0.25) is 15.9 Å². The minimum Gasteiger partial charge on any atom is -0.326 e. The second-order valence-corrected chi connectivity index (χ2v) is 9.56. The van der Waals surface area contributed by atoms with Crippen molar-refractivity contribution in [2.24, 2.45) is 0 Å². The highest BCUT2D eigenvalue weighted by Crippen LogP contribution is 2.31. The Morgan fingerprint density at radius 3 is 2.85 bits per heavy atom. The summed E-state index contributed by atoms with van der Waals surface area (Å²) in [5, 5.41) is 5.01. The zero-order valence-electron chi connectivity index (χ0n) is 14.9. The van der Waals surface area contributed by atoms with E-state index in [-0.39, 0.29) is 5.91 Å². The molecule has 1 aromatic heterocycles. The van der Waals surface area contributed by atoms with Gasteiger partial charge in [-0.25, -0.2) is 8.42 Å². The number of aryl methyl sites for hydroxylation is 2. The molecule has 26 heavy (non-hydrogen) atoms. The van der Waals surface area contributed by atoms with Crippen LogP contribution in [0, 0.1) is 0 Å². The van der Waals surface area contributed by atoms with E-state index in [1.54, 1.807) is 23.5 Å². The summed E-state index contributed by atoms with van der Waals surface area (Å²) in [5.74, 6) is 0.00640. The van der Waals surface area contributed by atoms with Crippen molar-refractivity contribution in [3.63, 3.8) is 0 Å². The van der Waals surface area contributed by atoms with Gasteiger partial charge in [-0.2, -0.15) is 0 Å². The van der Waals surface area contributed by atoms with Gasteiger partial charge in [-0.1, -0.05) is 6.07 Å². The predicted molar refractivity (Wildman–Crippen MR) is 107 cm³/mol. The number of carbonyl (C=O) groups excluding carboxylic acids is 1. The van der Waals surface area contributed by atoms with Gasteiger partial charge >= 0.3 is 0 Å². The fourth-order valence-electron chi connectivity index (χ4n) is 3.25. The number of carbonyl (C=O) groups is 1. The van der Waals surface area contributed by atoms with Crippen LogP contribution in [0.1, 0.15) is 36.1 Å². The Labute approximate surface area is 159 Å². The number of nitrogens with zero attached hydrogens (tertiary/aromatic N) is 1. The fourth-order valence-corrected chi connectivity index (χ4v) is 5.00. The van der Waals surface area contributed by atoms with E-state index < -0.39 is 10.0 Å². The number of nitrogens with one attached hydrogen (secondary N) is 1. The average molecular weight is 393 g/mol. The molecular formula is C19H24N2O3S2. The first-order valence-electron chi connectivity index (χ1n) is 8.86. The highest BCUT2D eigenvalue weighted by molar-refractivity contribution is 7.92. The molecule has 0 bridgehead atoms. The molecule has 1 aromatic carbocycles. The Bertz CT molecular complexity index is 861. The predicted octanol–water partition coefficient (Wildman–Crippen LogP) is 3.81. The van der Waals surface area contributed by atoms with Crippen molar-refractivity contribution in [2.75, 3.05) is 22.4 Å². The molecule has 2 heterocycles. The highest BCUT2D eigenvalue weighted by Gasteiger charge is 2.24. The molecule has 3 rings (SSSR count). The number of hydrogen-bond acceptors (Lipinski definition) is 4. The van der Waals surface area contributed by atoms with Crippen LogP contribution in [0.25, 0.3) is 0 Å². The van der Waals surface area contributed by atoms with Crippen LogP contribution < -0.4 is 9.62 Å². The Morgan fingerprint density at radius 2 is 2.12 bits per heavy atom. The van der Waals surface area contributed by atoms with Crippen LogP contribution in [0.15, 0.2) is 35.7 Å². The molecule has 0 unspecified atom stereocenters.